The lowest BCUT2D eigenvalue weighted by Crippen LogP contribution is -2.40. The van der Waals surface area contributed by atoms with Gasteiger partial charge in [0.2, 0.25) is 0 Å². The molecule has 0 radical (unpaired) electrons. The van der Waals surface area contributed by atoms with E-state index in [0.717, 1.165) is 24.7 Å². The van der Waals surface area contributed by atoms with Crippen molar-refractivity contribution in [2.24, 2.45) is 5.92 Å². The van der Waals surface area contributed by atoms with Crippen LogP contribution in [0.1, 0.15) is 53.4 Å². The highest BCUT2D eigenvalue weighted by atomic mass is 19.3. The molecule has 5 heteroatoms. The zero-order valence-corrected chi connectivity index (χ0v) is 15.9. The van der Waals surface area contributed by atoms with Crippen molar-refractivity contribution in [3.8, 4) is 0 Å². The smallest absolute Gasteiger partial charge is 0.250 e. The summed E-state index contributed by atoms with van der Waals surface area (Å²) in [6.07, 6.45) is 6.44. The fourth-order valence-corrected chi connectivity index (χ4v) is 2.83. The highest BCUT2D eigenvalue weighted by molar-refractivity contribution is 5.75. The summed E-state index contributed by atoms with van der Waals surface area (Å²) in [5, 5.41) is 3.03. The van der Waals surface area contributed by atoms with Crippen molar-refractivity contribution in [3.05, 3.63) is 23.4 Å². The van der Waals surface area contributed by atoms with Gasteiger partial charge in [-0.3, -0.25) is 9.69 Å². The summed E-state index contributed by atoms with van der Waals surface area (Å²) in [5.74, 6) is -2.15. The van der Waals surface area contributed by atoms with Crippen molar-refractivity contribution in [3.63, 3.8) is 0 Å². The number of alkyl halides is 2. The van der Waals surface area contributed by atoms with Crippen LogP contribution in [0.3, 0.4) is 0 Å². The number of nitrogens with one attached hydrogen (secondary N) is 1. The molecule has 1 N–H and O–H groups in total. The summed E-state index contributed by atoms with van der Waals surface area (Å²) < 4.78 is 26.4. The monoisotopic (exact) mass is 344 g/mol. The maximum atomic E-state index is 13.2. The van der Waals surface area contributed by atoms with Crippen LogP contribution in [0.4, 0.5) is 8.78 Å². The molecule has 0 aromatic heterocycles. The number of allylic oxidation sites excluding steroid dienone is 2. The summed E-state index contributed by atoms with van der Waals surface area (Å²) in [5.41, 5.74) is 1.75. The summed E-state index contributed by atoms with van der Waals surface area (Å²) in [4.78, 5) is 13.3. The molecule has 1 aliphatic rings. The maximum absolute atomic E-state index is 13.2. The van der Waals surface area contributed by atoms with Crippen molar-refractivity contribution in [1.29, 1.82) is 0 Å². The van der Waals surface area contributed by atoms with E-state index in [4.69, 9.17) is 0 Å². The van der Waals surface area contributed by atoms with Gasteiger partial charge < -0.3 is 5.32 Å². The molecule has 0 unspecified atom stereocenters. The summed E-state index contributed by atoms with van der Waals surface area (Å²) in [6.45, 7) is 9.38. The van der Waals surface area contributed by atoms with E-state index < -0.39 is 5.92 Å². The van der Waals surface area contributed by atoms with Crippen molar-refractivity contribution in [1.82, 2.24) is 10.2 Å². The Labute approximate surface area is 146 Å². The Morgan fingerprint density at radius 1 is 1.21 bits per heavy atom. The maximum Gasteiger partial charge on any atom is 0.250 e. The molecule has 0 spiro atoms. The molecule has 0 aromatic carbocycles. The molecule has 0 saturated carbocycles. The van der Waals surface area contributed by atoms with Crippen molar-refractivity contribution in [2.75, 3.05) is 26.7 Å². The van der Waals surface area contributed by atoms with Crippen molar-refractivity contribution < 1.29 is 13.6 Å². The third-order valence-corrected chi connectivity index (χ3v) is 4.27. The topological polar surface area (TPSA) is 32.3 Å². The molecule has 1 saturated heterocycles. The van der Waals surface area contributed by atoms with Crippen LogP contribution < -0.4 is 5.32 Å². The van der Waals surface area contributed by atoms with Gasteiger partial charge in [-0.15, -0.1) is 0 Å². The highest BCUT2D eigenvalue weighted by Crippen LogP contribution is 2.28. The van der Waals surface area contributed by atoms with Crippen LogP contribution in [0.5, 0.6) is 0 Å². The van der Waals surface area contributed by atoms with Crippen LogP contribution in [0, 0.1) is 5.92 Å². The van der Waals surface area contributed by atoms with Crippen LogP contribution in [0.25, 0.3) is 0 Å². The van der Waals surface area contributed by atoms with E-state index in [2.05, 4.69) is 19.2 Å². The van der Waals surface area contributed by atoms with Gasteiger partial charge in [0.15, 0.2) is 0 Å². The molecule has 3 nitrogen and oxygen atoms in total. The highest BCUT2D eigenvalue weighted by Gasteiger charge is 2.33. The van der Waals surface area contributed by atoms with Gasteiger partial charge in [-0.2, -0.15) is 0 Å². The number of rotatable bonds is 8. The van der Waals surface area contributed by atoms with E-state index in [1.807, 2.05) is 38.1 Å². The number of aldehydes is 1. The lowest BCUT2D eigenvalue weighted by Gasteiger charge is -2.31. The first-order chi connectivity index (χ1) is 11.5. The quantitative estimate of drug-likeness (QED) is 0.402. The summed E-state index contributed by atoms with van der Waals surface area (Å²) in [7, 11) is 1.84. The molecule has 0 bridgehead atoms. The van der Waals surface area contributed by atoms with Crippen LogP contribution >= 0.6 is 0 Å². The normalized spacial score (nSPS) is 18.8. The average Bonchev–Trinajstić information content (AvgIpc) is 2.59. The van der Waals surface area contributed by atoms with E-state index in [9.17, 15) is 13.6 Å². The molecule has 1 aliphatic heterocycles. The van der Waals surface area contributed by atoms with Gasteiger partial charge >= 0.3 is 0 Å². The third-order valence-electron chi connectivity index (χ3n) is 4.27. The molecule has 0 amide bonds. The Bertz CT molecular complexity index is 406. The number of piperidine rings is 1. The molecule has 0 aliphatic carbocycles. The Morgan fingerprint density at radius 3 is 2.17 bits per heavy atom. The van der Waals surface area contributed by atoms with E-state index in [1.54, 1.807) is 0 Å². The molecular formula is C19H34F2N2O. The van der Waals surface area contributed by atoms with E-state index in [1.165, 1.54) is 0 Å². The average molecular weight is 344 g/mol. The van der Waals surface area contributed by atoms with Gasteiger partial charge in [0.1, 0.15) is 6.29 Å². The number of carbonyl (C=O) groups excluding carboxylic acids is 1. The Hall–Kier alpha value is -1.23. The molecule has 1 heterocycles. The van der Waals surface area contributed by atoms with E-state index in [-0.39, 0.29) is 12.8 Å². The first kappa shape index (κ1) is 22.8. The second-order valence-corrected chi connectivity index (χ2v) is 5.92. The minimum absolute atomic E-state index is 0.120. The standard InChI is InChI=1S/C17H28F2N2O.C2H6/c1-4-15(5-2)16(11-20-3)10-14(13-22)12-21-8-6-17(18,19)7-9-21;1-2/h10-11,13,15,20H,4-9,12H2,1-3H3;1-2H3/b14-10-,16-11+;. The number of nitrogens with zero attached hydrogens (tertiary/aromatic N) is 1. The van der Waals surface area contributed by atoms with Crippen LogP contribution in [0.15, 0.2) is 23.4 Å². The third kappa shape index (κ3) is 8.04. The molecular weight excluding hydrogens is 310 g/mol. The minimum Gasteiger partial charge on any atom is -0.394 e. The Balaban J connectivity index is 0.00000254. The van der Waals surface area contributed by atoms with E-state index in [0.29, 0.717) is 31.1 Å². The predicted molar refractivity (Wildman–Crippen MR) is 97.3 cm³/mol. The summed E-state index contributed by atoms with van der Waals surface area (Å²) >= 11 is 0. The number of hydrogen-bond donors (Lipinski definition) is 1. The second kappa shape index (κ2) is 12.2. The second-order valence-electron chi connectivity index (χ2n) is 5.92. The first-order valence-electron chi connectivity index (χ1n) is 9.09. The lowest BCUT2D eigenvalue weighted by molar-refractivity contribution is -0.105. The molecule has 1 fully saturated rings. The summed E-state index contributed by atoms with van der Waals surface area (Å²) in [6, 6.07) is 0. The molecule has 1 rings (SSSR count). The number of carbonyl (C=O) groups is 1. The van der Waals surface area contributed by atoms with Crippen LogP contribution in [-0.4, -0.2) is 43.8 Å². The lowest BCUT2D eigenvalue weighted by atomic mass is 9.92. The van der Waals surface area contributed by atoms with Gasteiger partial charge in [0.25, 0.3) is 5.92 Å². The fourth-order valence-electron chi connectivity index (χ4n) is 2.83. The van der Waals surface area contributed by atoms with E-state index >= 15 is 0 Å². The Morgan fingerprint density at radius 2 is 1.75 bits per heavy atom. The zero-order chi connectivity index (χ0) is 18.6. The van der Waals surface area contributed by atoms with Gasteiger partial charge in [0, 0.05) is 45.1 Å². The van der Waals surface area contributed by atoms with Crippen LogP contribution in [-0.2, 0) is 4.79 Å². The molecule has 140 valence electrons. The largest absolute Gasteiger partial charge is 0.394 e. The zero-order valence-electron chi connectivity index (χ0n) is 15.9. The Kier molecular flexibility index (Phi) is 11.6. The minimum atomic E-state index is -2.55. The van der Waals surface area contributed by atoms with Gasteiger partial charge in [0.05, 0.1) is 0 Å². The van der Waals surface area contributed by atoms with Gasteiger partial charge in [-0.05, 0) is 36.6 Å². The van der Waals surface area contributed by atoms with Crippen LogP contribution in [0.2, 0.25) is 0 Å². The number of hydrogen-bond acceptors (Lipinski definition) is 3. The SMILES string of the molecule is CC.CCC(CC)C(/C=C(\C=O)CN1CCC(F)(F)CC1)=C/NC. The van der Waals surface area contributed by atoms with Gasteiger partial charge in [-0.25, -0.2) is 8.78 Å². The number of likely N-dealkylation sites (tertiary alicyclic amines) is 1. The molecule has 24 heavy (non-hydrogen) atoms. The van der Waals surface area contributed by atoms with Crippen molar-refractivity contribution >= 4 is 6.29 Å². The van der Waals surface area contributed by atoms with Crippen molar-refractivity contribution in [2.45, 2.75) is 59.3 Å². The fraction of sp³-hybridized carbons (Fsp3) is 0.737. The first-order valence-corrected chi connectivity index (χ1v) is 9.09. The number of halogens is 2. The van der Waals surface area contributed by atoms with Gasteiger partial charge in [-0.1, -0.05) is 27.7 Å². The molecule has 0 atom stereocenters. The predicted octanol–water partition coefficient (Wildman–Crippen LogP) is 4.41. The molecule has 0 aromatic rings.